The molecule has 9 nitrogen and oxygen atoms in total. The summed E-state index contributed by atoms with van der Waals surface area (Å²) in [5, 5.41) is 0. The maximum absolute atomic E-state index is 12.9. The van der Waals surface area contributed by atoms with Gasteiger partial charge in [0.15, 0.2) is 6.10 Å². The molecule has 0 aliphatic heterocycles. The molecule has 2 unspecified atom stereocenters. The number of nitrogens with zero attached hydrogens (tertiary/aromatic N) is 1. The maximum atomic E-state index is 12.9. The van der Waals surface area contributed by atoms with Crippen LogP contribution in [0.1, 0.15) is 354 Å². The normalized spacial score (nSPS) is 13.3. The number of quaternary nitrogens is 1. The molecule has 0 aliphatic carbocycles. The van der Waals surface area contributed by atoms with Gasteiger partial charge in [-0.05, 0) is 51.4 Å². The molecule has 0 rings (SSSR count). The van der Waals surface area contributed by atoms with Gasteiger partial charge >= 0.3 is 11.9 Å². The average Bonchev–Trinajstić information content (AvgIpc) is 3.43. The number of hydrogen-bond acceptors (Lipinski definition) is 8. The van der Waals surface area contributed by atoms with E-state index in [2.05, 4.69) is 50.3 Å². The van der Waals surface area contributed by atoms with E-state index in [1.54, 1.807) is 0 Å². The third-order valence-electron chi connectivity index (χ3n) is 15.9. The number of phosphoric acid groups is 1. The zero-order valence-corrected chi connectivity index (χ0v) is 55.4. The van der Waals surface area contributed by atoms with Crippen LogP contribution in [0.25, 0.3) is 0 Å². The van der Waals surface area contributed by atoms with Crippen LogP contribution < -0.4 is 4.89 Å². The first-order valence-electron chi connectivity index (χ1n) is 35.2. The van der Waals surface area contributed by atoms with Gasteiger partial charge in [-0.2, -0.15) is 0 Å². The predicted octanol–water partition coefficient (Wildman–Crippen LogP) is 22.0. The van der Waals surface area contributed by atoms with Crippen molar-refractivity contribution in [2.75, 3.05) is 47.5 Å². The van der Waals surface area contributed by atoms with Gasteiger partial charge in [0, 0.05) is 12.8 Å². The van der Waals surface area contributed by atoms with Crippen LogP contribution in [0, 0.1) is 0 Å². The monoisotopic (exact) mass is 1160 g/mol. The summed E-state index contributed by atoms with van der Waals surface area (Å²) in [4.78, 5) is 38.0. The van der Waals surface area contributed by atoms with E-state index in [0.717, 1.165) is 44.9 Å². The van der Waals surface area contributed by atoms with Gasteiger partial charge in [0.2, 0.25) is 0 Å². The predicted molar refractivity (Wildman–Crippen MR) is 347 cm³/mol. The number of likely N-dealkylation sites (N-methyl/N-ethyl adjacent to an activating group) is 1. The van der Waals surface area contributed by atoms with Crippen LogP contribution >= 0.6 is 7.82 Å². The van der Waals surface area contributed by atoms with Gasteiger partial charge in [-0.25, -0.2) is 0 Å². The topological polar surface area (TPSA) is 111 Å². The molecule has 0 aliphatic rings. The number of phosphoric ester groups is 1. The maximum Gasteiger partial charge on any atom is 0.306 e. The van der Waals surface area contributed by atoms with Gasteiger partial charge in [-0.3, -0.25) is 14.2 Å². The standard InChI is InChI=1S/C71H136NO8P/c1-6-8-10-12-14-16-18-20-22-24-26-28-30-32-33-34-35-36-37-38-39-40-42-44-46-48-50-52-54-56-58-60-62-64-71(74)80-69(68-79-81(75,76)78-66-65-72(3,4)5)67-77-70(73)63-61-59-57-55-53-51-49-47-45-43-41-31-29-27-25-23-21-19-17-15-13-11-9-7-2/h18,20,24,26,30,32,69H,6-17,19,21-23,25,27-29,31,33-68H2,1-5H3/b20-18-,26-24-,32-30-. The van der Waals surface area contributed by atoms with Crippen molar-refractivity contribution in [1.82, 2.24) is 0 Å². The molecule has 0 aromatic rings. The highest BCUT2D eigenvalue weighted by atomic mass is 31.2. The van der Waals surface area contributed by atoms with Crippen molar-refractivity contribution in [3.8, 4) is 0 Å². The first kappa shape index (κ1) is 79.2. The van der Waals surface area contributed by atoms with E-state index in [1.165, 1.54) is 276 Å². The number of rotatable bonds is 66. The second-order valence-electron chi connectivity index (χ2n) is 25.3. The van der Waals surface area contributed by atoms with E-state index >= 15 is 0 Å². The first-order chi connectivity index (χ1) is 39.5. The van der Waals surface area contributed by atoms with Gasteiger partial charge in [0.1, 0.15) is 19.8 Å². The summed E-state index contributed by atoms with van der Waals surface area (Å²) in [6, 6.07) is 0. The zero-order valence-electron chi connectivity index (χ0n) is 54.5. The van der Waals surface area contributed by atoms with E-state index in [9.17, 15) is 19.0 Å². The molecule has 0 radical (unpaired) electrons. The van der Waals surface area contributed by atoms with Gasteiger partial charge in [-0.15, -0.1) is 0 Å². The van der Waals surface area contributed by atoms with Crippen molar-refractivity contribution in [3.63, 3.8) is 0 Å². The van der Waals surface area contributed by atoms with Crippen LogP contribution in [0.3, 0.4) is 0 Å². The summed E-state index contributed by atoms with van der Waals surface area (Å²) in [7, 11) is 1.19. The Kier molecular flexibility index (Phi) is 61.4. The molecule has 478 valence electrons. The number of allylic oxidation sites excluding steroid dienone is 6. The molecule has 81 heavy (non-hydrogen) atoms. The third-order valence-corrected chi connectivity index (χ3v) is 16.9. The number of carbonyl (C=O) groups is 2. The molecule has 2 atom stereocenters. The van der Waals surface area contributed by atoms with Crippen LogP contribution in [-0.2, 0) is 32.7 Å². The minimum Gasteiger partial charge on any atom is -0.756 e. The fraction of sp³-hybridized carbons (Fsp3) is 0.887. The SMILES string of the molecule is CCCCCCC/C=C\C/C=C\C/C=C\CCCCCCCCCCCCCCCCCCCCC(=O)OC(COC(=O)CCCCCCCCCCCCCCCCCCCCCCCCCC)COP(=O)([O-])OCC[N+](C)(C)C. The van der Waals surface area contributed by atoms with E-state index in [1.807, 2.05) is 21.1 Å². The van der Waals surface area contributed by atoms with Gasteiger partial charge < -0.3 is 27.9 Å². The van der Waals surface area contributed by atoms with Crippen molar-refractivity contribution in [1.29, 1.82) is 0 Å². The molecule has 0 aromatic carbocycles. The van der Waals surface area contributed by atoms with Gasteiger partial charge in [0.25, 0.3) is 7.82 Å². The lowest BCUT2D eigenvalue weighted by Gasteiger charge is -2.28. The molecule has 0 heterocycles. The quantitative estimate of drug-likeness (QED) is 0.0195. The second-order valence-corrected chi connectivity index (χ2v) is 26.7. The molecule has 0 spiro atoms. The molecule has 10 heteroatoms. The van der Waals surface area contributed by atoms with Crippen molar-refractivity contribution in [3.05, 3.63) is 36.5 Å². The molecule has 0 bridgehead atoms. The Morgan fingerprint density at radius 1 is 0.383 bits per heavy atom. The molecule has 0 N–H and O–H groups in total. The number of carbonyl (C=O) groups excluding carboxylic acids is 2. The number of unbranched alkanes of at least 4 members (excludes halogenated alkanes) is 46. The molecule has 0 saturated heterocycles. The van der Waals surface area contributed by atoms with Crippen molar-refractivity contribution in [2.45, 2.75) is 360 Å². The third kappa shape index (κ3) is 67.2. The molecular formula is C71H136NO8P. The highest BCUT2D eigenvalue weighted by Crippen LogP contribution is 2.38. The molecule has 0 amide bonds. The minimum absolute atomic E-state index is 0.0277. The Hall–Kier alpha value is -1.77. The van der Waals surface area contributed by atoms with Crippen LogP contribution in [0.15, 0.2) is 36.5 Å². The molecule has 0 aromatic heterocycles. The molecule has 0 saturated carbocycles. The second kappa shape index (κ2) is 62.8. The number of hydrogen-bond donors (Lipinski definition) is 0. The Balaban J connectivity index is 3.99. The lowest BCUT2D eigenvalue weighted by molar-refractivity contribution is -0.870. The van der Waals surface area contributed by atoms with Crippen molar-refractivity contribution in [2.24, 2.45) is 0 Å². The minimum atomic E-state index is -4.64. The Labute approximate surface area is 503 Å². The van der Waals surface area contributed by atoms with Gasteiger partial charge in [0.05, 0.1) is 27.7 Å². The van der Waals surface area contributed by atoms with Gasteiger partial charge in [-0.1, -0.05) is 326 Å². The van der Waals surface area contributed by atoms with E-state index < -0.39 is 26.5 Å². The lowest BCUT2D eigenvalue weighted by Crippen LogP contribution is -2.37. The molecule has 0 fully saturated rings. The van der Waals surface area contributed by atoms with E-state index in [-0.39, 0.29) is 32.0 Å². The summed E-state index contributed by atoms with van der Waals surface area (Å²) >= 11 is 0. The van der Waals surface area contributed by atoms with Crippen LogP contribution in [0.4, 0.5) is 0 Å². The Morgan fingerprint density at radius 3 is 0.988 bits per heavy atom. The summed E-state index contributed by atoms with van der Waals surface area (Å²) in [6.07, 6.45) is 79.4. The first-order valence-corrected chi connectivity index (χ1v) is 36.7. The lowest BCUT2D eigenvalue weighted by atomic mass is 10.0. The Bertz CT molecular complexity index is 1460. The molecular weight excluding hydrogens is 1030 g/mol. The highest BCUT2D eigenvalue weighted by Gasteiger charge is 2.22. The van der Waals surface area contributed by atoms with Crippen molar-refractivity contribution < 1.29 is 42.1 Å². The summed E-state index contributed by atoms with van der Waals surface area (Å²) in [6.45, 7) is 4.30. The van der Waals surface area contributed by atoms with Crippen LogP contribution in [0.5, 0.6) is 0 Å². The smallest absolute Gasteiger partial charge is 0.306 e. The van der Waals surface area contributed by atoms with Crippen LogP contribution in [-0.4, -0.2) is 70.0 Å². The average molecular weight is 1160 g/mol. The van der Waals surface area contributed by atoms with E-state index in [4.69, 9.17) is 18.5 Å². The summed E-state index contributed by atoms with van der Waals surface area (Å²) < 4.78 is 34.3. The zero-order chi connectivity index (χ0) is 59.1. The fourth-order valence-electron chi connectivity index (χ4n) is 10.5. The van der Waals surface area contributed by atoms with Crippen molar-refractivity contribution >= 4 is 19.8 Å². The summed E-state index contributed by atoms with van der Waals surface area (Å²) in [5.74, 6) is -0.811. The highest BCUT2D eigenvalue weighted by molar-refractivity contribution is 7.45. The number of esters is 2. The van der Waals surface area contributed by atoms with Crippen LogP contribution in [0.2, 0.25) is 0 Å². The Morgan fingerprint density at radius 2 is 0.667 bits per heavy atom. The summed E-state index contributed by atoms with van der Waals surface area (Å²) in [5.41, 5.74) is 0. The fourth-order valence-corrected chi connectivity index (χ4v) is 11.2. The number of ether oxygens (including phenoxy) is 2. The van der Waals surface area contributed by atoms with E-state index in [0.29, 0.717) is 17.4 Å². The largest absolute Gasteiger partial charge is 0.756 e.